The number of anilines is 1. The Morgan fingerprint density at radius 1 is 1.32 bits per heavy atom. The minimum absolute atomic E-state index is 0.0486. The van der Waals surface area contributed by atoms with Crippen molar-refractivity contribution in [3.63, 3.8) is 0 Å². The standard InChI is InChI=1S/C26H32N6O2/c1-5-20-13-22(29-16-28-20)21-12-19(14-27)26(30-25(21)18-6-7-18)31-9-10-32(23(15-31)17(2)3)24(33)8-11-34-4/h5,12-13,16-18,23H,1,6-11,15H2,2-4H3/t23-/m0/s1. The van der Waals surface area contributed by atoms with Crippen LogP contribution in [-0.4, -0.2) is 65.2 Å². The Balaban J connectivity index is 1.68. The van der Waals surface area contributed by atoms with E-state index in [1.807, 2.05) is 17.0 Å². The Morgan fingerprint density at radius 3 is 2.76 bits per heavy atom. The molecule has 3 heterocycles. The van der Waals surface area contributed by atoms with Crippen LogP contribution < -0.4 is 4.90 Å². The topological polar surface area (TPSA) is 95.2 Å². The number of nitriles is 1. The molecule has 4 rings (SSSR count). The summed E-state index contributed by atoms with van der Waals surface area (Å²) in [6.45, 7) is 10.4. The molecule has 0 N–H and O–H groups in total. The monoisotopic (exact) mass is 460 g/mol. The zero-order chi connectivity index (χ0) is 24.2. The maximum absolute atomic E-state index is 12.8. The third-order valence-corrected chi connectivity index (χ3v) is 6.62. The lowest BCUT2D eigenvalue weighted by Gasteiger charge is -2.44. The fourth-order valence-electron chi connectivity index (χ4n) is 4.56. The number of rotatable bonds is 8. The van der Waals surface area contributed by atoms with Crippen LogP contribution in [0.4, 0.5) is 5.82 Å². The van der Waals surface area contributed by atoms with Gasteiger partial charge in [-0.15, -0.1) is 0 Å². The molecule has 1 atom stereocenters. The number of methoxy groups -OCH3 is 1. The Morgan fingerprint density at radius 2 is 2.12 bits per heavy atom. The summed E-state index contributed by atoms with van der Waals surface area (Å²) < 4.78 is 5.10. The van der Waals surface area contributed by atoms with Crippen LogP contribution in [0.5, 0.6) is 0 Å². The summed E-state index contributed by atoms with van der Waals surface area (Å²) in [5.41, 5.74) is 3.91. The summed E-state index contributed by atoms with van der Waals surface area (Å²) in [6.07, 6.45) is 5.76. The lowest BCUT2D eigenvalue weighted by atomic mass is 9.98. The van der Waals surface area contributed by atoms with E-state index in [0.29, 0.717) is 50.0 Å². The van der Waals surface area contributed by atoms with Crippen molar-refractivity contribution < 1.29 is 9.53 Å². The number of hydrogen-bond acceptors (Lipinski definition) is 7. The highest BCUT2D eigenvalue weighted by Crippen LogP contribution is 2.44. The number of pyridine rings is 1. The summed E-state index contributed by atoms with van der Waals surface area (Å²) in [6, 6.07) is 6.22. The quantitative estimate of drug-likeness (QED) is 0.593. The number of carbonyl (C=O) groups excluding carboxylic acids is 1. The van der Waals surface area contributed by atoms with Gasteiger partial charge in [-0.05, 0) is 37.0 Å². The van der Waals surface area contributed by atoms with Crippen molar-refractivity contribution in [2.45, 2.75) is 45.1 Å². The molecule has 1 aliphatic heterocycles. The highest BCUT2D eigenvalue weighted by atomic mass is 16.5. The molecule has 2 aliphatic rings. The highest BCUT2D eigenvalue weighted by Gasteiger charge is 2.35. The van der Waals surface area contributed by atoms with Crippen molar-refractivity contribution >= 4 is 17.8 Å². The van der Waals surface area contributed by atoms with Crippen LogP contribution in [0, 0.1) is 17.2 Å². The molecular weight excluding hydrogens is 428 g/mol. The second kappa shape index (κ2) is 10.3. The zero-order valence-corrected chi connectivity index (χ0v) is 20.2. The SMILES string of the molecule is C=Cc1cc(-c2cc(C#N)c(N3CCN(C(=O)CCOC)[C@H](C(C)C)C3)nc2C2CC2)ncn1. The van der Waals surface area contributed by atoms with E-state index in [-0.39, 0.29) is 17.9 Å². The van der Waals surface area contributed by atoms with Crippen LogP contribution in [0.1, 0.15) is 56.0 Å². The fourth-order valence-corrected chi connectivity index (χ4v) is 4.56. The molecule has 2 aromatic heterocycles. The summed E-state index contributed by atoms with van der Waals surface area (Å²) >= 11 is 0. The van der Waals surface area contributed by atoms with Gasteiger partial charge < -0.3 is 14.5 Å². The second-order valence-corrected chi connectivity index (χ2v) is 9.30. The largest absolute Gasteiger partial charge is 0.384 e. The van der Waals surface area contributed by atoms with Crippen molar-refractivity contribution in [1.29, 1.82) is 5.26 Å². The first-order valence-electron chi connectivity index (χ1n) is 11.9. The molecule has 2 aromatic rings. The van der Waals surface area contributed by atoms with Gasteiger partial charge in [0.1, 0.15) is 18.2 Å². The smallest absolute Gasteiger partial charge is 0.225 e. The van der Waals surface area contributed by atoms with Gasteiger partial charge in [-0.25, -0.2) is 15.0 Å². The number of piperazine rings is 1. The molecule has 1 aliphatic carbocycles. The summed E-state index contributed by atoms with van der Waals surface area (Å²) in [5.74, 6) is 1.48. The van der Waals surface area contributed by atoms with Crippen molar-refractivity contribution in [3.8, 4) is 17.3 Å². The Labute approximate surface area is 201 Å². The predicted octanol–water partition coefficient (Wildman–Crippen LogP) is 3.64. The van der Waals surface area contributed by atoms with E-state index in [9.17, 15) is 10.1 Å². The average molecular weight is 461 g/mol. The van der Waals surface area contributed by atoms with Gasteiger partial charge in [-0.3, -0.25) is 4.79 Å². The Kier molecular flexibility index (Phi) is 7.23. The van der Waals surface area contributed by atoms with E-state index < -0.39 is 0 Å². The van der Waals surface area contributed by atoms with Crippen LogP contribution in [0.2, 0.25) is 0 Å². The van der Waals surface area contributed by atoms with Crippen LogP contribution in [0.15, 0.2) is 25.0 Å². The number of aromatic nitrogens is 3. The van der Waals surface area contributed by atoms with Crippen molar-refractivity contribution in [3.05, 3.63) is 42.0 Å². The van der Waals surface area contributed by atoms with E-state index in [1.54, 1.807) is 13.2 Å². The van der Waals surface area contributed by atoms with Gasteiger partial charge in [0, 0.05) is 38.2 Å². The molecule has 2 fully saturated rings. The number of nitrogens with zero attached hydrogens (tertiary/aromatic N) is 6. The first-order chi connectivity index (χ1) is 16.5. The molecule has 0 unspecified atom stereocenters. The van der Waals surface area contributed by atoms with Gasteiger partial charge >= 0.3 is 0 Å². The molecule has 8 nitrogen and oxygen atoms in total. The summed E-state index contributed by atoms with van der Waals surface area (Å²) in [7, 11) is 1.61. The molecule has 0 bridgehead atoms. The number of ether oxygens (including phenoxy) is 1. The lowest BCUT2D eigenvalue weighted by Crippen LogP contribution is -2.57. The highest BCUT2D eigenvalue weighted by molar-refractivity contribution is 5.77. The molecule has 1 saturated carbocycles. The Hall–Kier alpha value is -3.31. The summed E-state index contributed by atoms with van der Waals surface area (Å²) in [4.78, 5) is 30.7. The summed E-state index contributed by atoms with van der Waals surface area (Å²) in [5, 5.41) is 10.0. The Bertz CT molecular complexity index is 1100. The van der Waals surface area contributed by atoms with E-state index in [2.05, 4.69) is 41.4 Å². The van der Waals surface area contributed by atoms with Gasteiger partial charge in [-0.2, -0.15) is 5.26 Å². The molecule has 1 amide bonds. The minimum Gasteiger partial charge on any atom is -0.384 e. The molecule has 0 spiro atoms. The third kappa shape index (κ3) is 4.95. The van der Waals surface area contributed by atoms with E-state index in [1.165, 1.54) is 6.33 Å². The second-order valence-electron chi connectivity index (χ2n) is 9.30. The van der Waals surface area contributed by atoms with Gasteiger partial charge in [0.25, 0.3) is 0 Å². The molecule has 8 heteroatoms. The van der Waals surface area contributed by atoms with E-state index in [0.717, 1.165) is 35.5 Å². The van der Waals surface area contributed by atoms with E-state index >= 15 is 0 Å². The predicted molar refractivity (Wildman–Crippen MR) is 131 cm³/mol. The molecule has 1 saturated heterocycles. The van der Waals surface area contributed by atoms with Crippen molar-refractivity contribution in [1.82, 2.24) is 19.9 Å². The number of hydrogen-bond donors (Lipinski definition) is 0. The number of amides is 1. The van der Waals surface area contributed by atoms with Crippen LogP contribution in [0.3, 0.4) is 0 Å². The molecule has 34 heavy (non-hydrogen) atoms. The van der Waals surface area contributed by atoms with Crippen molar-refractivity contribution in [2.75, 3.05) is 38.3 Å². The van der Waals surface area contributed by atoms with Crippen LogP contribution in [0.25, 0.3) is 17.3 Å². The van der Waals surface area contributed by atoms with Crippen molar-refractivity contribution in [2.24, 2.45) is 5.92 Å². The van der Waals surface area contributed by atoms with Gasteiger partial charge in [-0.1, -0.05) is 20.4 Å². The minimum atomic E-state index is 0.0486. The number of carbonyl (C=O) groups is 1. The maximum atomic E-state index is 12.8. The molecule has 0 aromatic carbocycles. The molecule has 0 radical (unpaired) electrons. The van der Waals surface area contributed by atoms with Gasteiger partial charge in [0.05, 0.1) is 41.7 Å². The normalized spacial score (nSPS) is 18.1. The first-order valence-corrected chi connectivity index (χ1v) is 11.9. The van der Waals surface area contributed by atoms with Gasteiger partial charge in [0.2, 0.25) is 5.91 Å². The lowest BCUT2D eigenvalue weighted by molar-refractivity contribution is -0.135. The first kappa shape index (κ1) is 23.8. The average Bonchev–Trinajstić information content (AvgIpc) is 3.71. The van der Waals surface area contributed by atoms with E-state index in [4.69, 9.17) is 9.72 Å². The zero-order valence-electron chi connectivity index (χ0n) is 20.2. The van der Waals surface area contributed by atoms with Gasteiger partial charge in [0.15, 0.2) is 0 Å². The maximum Gasteiger partial charge on any atom is 0.225 e. The third-order valence-electron chi connectivity index (χ3n) is 6.62. The molecule has 178 valence electrons. The fraction of sp³-hybridized carbons (Fsp3) is 0.500. The van der Waals surface area contributed by atoms with Crippen LogP contribution in [-0.2, 0) is 9.53 Å². The van der Waals surface area contributed by atoms with Crippen LogP contribution >= 0.6 is 0 Å². The molecular formula is C26H32N6O2.